The van der Waals surface area contributed by atoms with Crippen molar-refractivity contribution in [3.8, 4) is 5.75 Å². The summed E-state index contributed by atoms with van der Waals surface area (Å²) in [6.45, 7) is 0.509. The largest absolute Gasteiger partial charge is 0.481 e. The van der Waals surface area contributed by atoms with Crippen molar-refractivity contribution < 1.29 is 19.4 Å². The Kier molecular flexibility index (Phi) is 3.58. The van der Waals surface area contributed by atoms with Gasteiger partial charge in [0.2, 0.25) is 5.91 Å². The van der Waals surface area contributed by atoms with Crippen LogP contribution >= 0.6 is 0 Å². The number of rotatable bonds is 5. The normalized spacial score (nSPS) is 14.5. The van der Waals surface area contributed by atoms with Gasteiger partial charge in [0.15, 0.2) is 6.73 Å². The van der Waals surface area contributed by atoms with Crippen LogP contribution in [-0.4, -0.2) is 30.3 Å². The molecule has 0 radical (unpaired) electrons. The summed E-state index contributed by atoms with van der Waals surface area (Å²) in [5.74, 6) is -1.68. The van der Waals surface area contributed by atoms with Crippen LogP contribution in [0.25, 0.3) is 10.8 Å². The Bertz CT molecular complexity index is 744. The fraction of sp³-hybridized carbons (Fsp3) is 0.250. The number of carboxylic acids is 1. The smallest absolute Gasteiger partial charge is 0.304 e. The first-order valence-electron chi connectivity index (χ1n) is 6.97. The number of amides is 1. The third-order valence-corrected chi connectivity index (χ3v) is 3.82. The maximum atomic E-state index is 11.5. The highest BCUT2D eigenvalue weighted by Crippen LogP contribution is 2.40. The molecule has 0 spiro atoms. The van der Waals surface area contributed by atoms with Crippen molar-refractivity contribution in [1.82, 2.24) is 0 Å². The summed E-state index contributed by atoms with van der Waals surface area (Å²) in [6.07, 6.45) is -0.286. The van der Waals surface area contributed by atoms with Crippen LogP contribution in [0.4, 0.5) is 5.69 Å². The van der Waals surface area contributed by atoms with E-state index in [1.165, 1.54) is 0 Å². The predicted molar refractivity (Wildman–Crippen MR) is 81.7 cm³/mol. The Labute approximate surface area is 127 Å². The Morgan fingerprint density at radius 1 is 1.27 bits per heavy atom. The van der Waals surface area contributed by atoms with E-state index in [4.69, 9.17) is 15.6 Å². The standard InChI is InChI=1S/C16H16N2O4/c17-16(21)11(7-14(19)20)8-18-9-22-13-6-5-10-3-1-2-4-12(10)15(13)18/h1-6,11H,7-9H2,(H2,17,21)(H,19,20). The van der Waals surface area contributed by atoms with Gasteiger partial charge in [0.25, 0.3) is 0 Å². The van der Waals surface area contributed by atoms with Gasteiger partial charge in [-0.1, -0.05) is 30.3 Å². The summed E-state index contributed by atoms with van der Waals surface area (Å²) >= 11 is 0. The third kappa shape index (κ3) is 2.55. The molecule has 1 unspecified atom stereocenters. The molecule has 3 rings (SSSR count). The Morgan fingerprint density at radius 3 is 2.77 bits per heavy atom. The molecule has 22 heavy (non-hydrogen) atoms. The summed E-state index contributed by atoms with van der Waals surface area (Å²) < 4.78 is 5.63. The van der Waals surface area contributed by atoms with Crippen LogP contribution in [0.1, 0.15) is 6.42 Å². The highest BCUT2D eigenvalue weighted by Gasteiger charge is 2.28. The average molecular weight is 300 g/mol. The molecule has 1 aliphatic heterocycles. The number of aliphatic carboxylic acids is 1. The lowest BCUT2D eigenvalue weighted by atomic mass is 10.0. The van der Waals surface area contributed by atoms with Gasteiger partial charge in [0, 0.05) is 11.9 Å². The molecule has 0 bridgehead atoms. The fourth-order valence-electron chi connectivity index (χ4n) is 2.77. The van der Waals surface area contributed by atoms with Gasteiger partial charge in [0.1, 0.15) is 5.75 Å². The average Bonchev–Trinajstić information content (AvgIpc) is 2.89. The Morgan fingerprint density at radius 2 is 2.05 bits per heavy atom. The number of hydrogen-bond donors (Lipinski definition) is 2. The summed E-state index contributed by atoms with van der Waals surface area (Å²) in [6, 6.07) is 11.7. The van der Waals surface area contributed by atoms with Gasteiger partial charge < -0.3 is 20.5 Å². The van der Waals surface area contributed by atoms with Crippen LogP contribution < -0.4 is 15.4 Å². The van der Waals surface area contributed by atoms with E-state index in [0.717, 1.165) is 22.2 Å². The number of nitrogens with zero attached hydrogens (tertiary/aromatic N) is 1. The van der Waals surface area contributed by atoms with Crippen molar-refractivity contribution in [2.75, 3.05) is 18.2 Å². The minimum absolute atomic E-state index is 0.225. The minimum Gasteiger partial charge on any atom is -0.481 e. The van der Waals surface area contributed by atoms with Crippen molar-refractivity contribution >= 4 is 28.3 Å². The zero-order valence-corrected chi connectivity index (χ0v) is 11.9. The molecule has 0 saturated heterocycles. The number of carbonyl (C=O) groups is 2. The second kappa shape index (κ2) is 5.55. The zero-order valence-electron chi connectivity index (χ0n) is 11.9. The molecule has 6 nitrogen and oxygen atoms in total. The Balaban J connectivity index is 1.94. The van der Waals surface area contributed by atoms with E-state index in [-0.39, 0.29) is 19.7 Å². The molecule has 0 fully saturated rings. The zero-order chi connectivity index (χ0) is 15.7. The van der Waals surface area contributed by atoms with E-state index in [0.29, 0.717) is 0 Å². The lowest BCUT2D eigenvalue weighted by Crippen LogP contribution is -2.37. The monoisotopic (exact) mass is 300 g/mol. The number of hydrogen-bond acceptors (Lipinski definition) is 4. The molecule has 0 aromatic heterocycles. The number of ether oxygens (including phenoxy) is 1. The van der Waals surface area contributed by atoms with Gasteiger partial charge in [-0.05, 0) is 11.5 Å². The molecule has 114 valence electrons. The predicted octanol–water partition coefficient (Wildman–Crippen LogP) is 1.57. The van der Waals surface area contributed by atoms with Crippen LogP contribution in [0.15, 0.2) is 36.4 Å². The number of anilines is 1. The van der Waals surface area contributed by atoms with Crippen molar-refractivity contribution in [2.24, 2.45) is 11.7 Å². The van der Waals surface area contributed by atoms with Crippen LogP contribution in [0, 0.1) is 5.92 Å². The molecule has 3 N–H and O–H groups in total. The topological polar surface area (TPSA) is 92.9 Å². The first-order chi connectivity index (χ1) is 10.6. The summed E-state index contributed by atoms with van der Waals surface area (Å²) in [5.41, 5.74) is 6.21. The molecule has 2 aromatic rings. The van der Waals surface area contributed by atoms with Gasteiger partial charge in [-0.2, -0.15) is 0 Å². The highest BCUT2D eigenvalue weighted by molar-refractivity contribution is 5.98. The summed E-state index contributed by atoms with van der Waals surface area (Å²) in [5, 5.41) is 11.0. The third-order valence-electron chi connectivity index (χ3n) is 3.82. The maximum absolute atomic E-state index is 11.5. The number of primary amides is 1. The van der Waals surface area contributed by atoms with Crippen LogP contribution in [0.5, 0.6) is 5.75 Å². The van der Waals surface area contributed by atoms with Crippen molar-refractivity contribution in [3.05, 3.63) is 36.4 Å². The van der Waals surface area contributed by atoms with Crippen LogP contribution in [-0.2, 0) is 9.59 Å². The van der Waals surface area contributed by atoms with E-state index in [2.05, 4.69) is 0 Å². The molecule has 1 amide bonds. The molecule has 1 heterocycles. The van der Waals surface area contributed by atoms with Gasteiger partial charge in [-0.15, -0.1) is 0 Å². The molecule has 1 atom stereocenters. The van der Waals surface area contributed by atoms with Crippen LogP contribution in [0.2, 0.25) is 0 Å². The molecule has 6 heteroatoms. The van der Waals surface area contributed by atoms with Gasteiger partial charge in [0.05, 0.1) is 18.0 Å². The van der Waals surface area contributed by atoms with E-state index < -0.39 is 17.8 Å². The van der Waals surface area contributed by atoms with Gasteiger partial charge in [-0.25, -0.2) is 0 Å². The van der Waals surface area contributed by atoms with Gasteiger partial charge in [-0.3, -0.25) is 9.59 Å². The summed E-state index contributed by atoms with van der Waals surface area (Å²) in [4.78, 5) is 24.2. The number of carboxylic acid groups (broad SMARTS) is 1. The van der Waals surface area contributed by atoms with E-state index in [1.54, 1.807) is 0 Å². The van der Waals surface area contributed by atoms with Crippen LogP contribution in [0.3, 0.4) is 0 Å². The Hall–Kier alpha value is -2.76. The molecule has 0 saturated carbocycles. The number of nitrogens with two attached hydrogens (primary N) is 1. The van der Waals surface area contributed by atoms with Crippen molar-refractivity contribution in [2.45, 2.75) is 6.42 Å². The van der Waals surface area contributed by atoms with Crippen molar-refractivity contribution in [1.29, 1.82) is 0 Å². The second-order valence-electron chi connectivity index (χ2n) is 5.33. The molecule has 0 aliphatic carbocycles. The van der Waals surface area contributed by atoms with E-state index >= 15 is 0 Å². The lowest BCUT2D eigenvalue weighted by molar-refractivity contribution is -0.140. The molecular weight excluding hydrogens is 284 g/mol. The highest BCUT2D eigenvalue weighted by atomic mass is 16.5. The first kappa shape index (κ1) is 14.2. The van der Waals surface area contributed by atoms with E-state index in [1.807, 2.05) is 41.3 Å². The molecule has 2 aromatic carbocycles. The van der Waals surface area contributed by atoms with E-state index in [9.17, 15) is 9.59 Å². The maximum Gasteiger partial charge on any atom is 0.304 e. The number of carbonyl (C=O) groups excluding carboxylic acids is 1. The SMILES string of the molecule is NC(=O)C(CC(=O)O)CN1COc2ccc3ccccc3c21. The first-order valence-corrected chi connectivity index (χ1v) is 6.97. The second-order valence-corrected chi connectivity index (χ2v) is 5.33. The number of fused-ring (bicyclic) bond motifs is 3. The quantitative estimate of drug-likeness (QED) is 0.874. The molecular formula is C16H16N2O4. The fourth-order valence-corrected chi connectivity index (χ4v) is 2.77. The molecule has 1 aliphatic rings. The minimum atomic E-state index is -1.04. The van der Waals surface area contributed by atoms with Crippen molar-refractivity contribution in [3.63, 3.8) is 0 Å². The lowest BCUT2D eigenvalue weighted by Gasteiger charge is -2.22. The number of benzene rings is 2. The van der Waals surface area contributed by atoms with Gasteiger partial charge >= 0.3 is 5.97 Å². The summed E-state index contributed by atoms with van der Waals surface area (Å²) in [7, 11) is 0.